The first-order chi connectivity index (χ1) is 9.05. The van der Waals surface area contributed by atoms with Gasteiger partial charge in [-0.15, -0.1) is 0 Å². The third-order valence-corrected chi connectivity index (χ3v) is 5.03. The van der Waals surface area contributed by atoms with Gasteiger partial charge in [0.25, 0.3) is 0 Å². The van der Waals surface area contributed by atoms with E-state index < -0.39 is 15.6 Å². The van der Waals surface area contributed by atoms with Crippen molar-refractivity contribution in [3.63, 3.8) is 0 Å². The molecule has 1 aromatic rings. The molecule has 20 heavy (non-hydrogen) atoms. The Bertz CT molecular complexity index is 551. The molecule has 0 spiro atoms. The molecule has 0 heterocycles. The fourth-order valence-electron chi connectivity index (χ4n) is 2.01. The third kappa shape index (κ3) is 4.90. The zero-order chi connectivity index (χ0) is 15.6. The SMILES string of the molecule is CC(C)CC(C)(O)CNS(=O)(=O)c1c(Cl)cccc1Cl. The maximum atomic E-state index is 12.2. The van der Waals surface area contributed by atoms with Crippen LogP contribution in [0.4, 0.5) is 0 Å². The molecular weight excluding hydrogens is 321 g/mol. The van der Waals surface area contributed by atoms with Gasteiger partial charge in [0, 0.05) is 6.54 Å². The summed E-state index contributed by atoms with van der Waals surface area (Å²) in [4.78, 5) is -0.163. The van der Waals surface area contributed by atoms with Crippen molar-refractivity contribution in [1.82, 2.24) is 4.72 Å². The summed E-state index contributed by atoms with van der Waals surface area (Å²) in [6.07, 6.45) is 0.478. The first-order valence-electron chi connectivity index (χ1n) is 6.21. The van der Waals surface area contributed by atoms with E-state index in [9.17, 15) is 13.5 Å². The summed E-state index contributed by atoms with van der Waals surface area (Å²) in [6.45, 7) is 5.39. The van der Waals surface area contributed by atoms with Crippen LogP contribution in [0.15, 0.2) is 23.1 Å². The molecule has 1 rings (SSSR count). The molecule has 1 unspecified atom stereocenters. The van der Waals surface area contributed by atoms with Crippen molar-refractivity contribution in [2.24, 2.45) is 5.92 Å². The molecular formula is C13H19Cl2NO3S. The monoisotopic (exact) mass is 339 g/mol. The van der Waals surface area contributed by atoms with Gasteiger partial charge in [-0.2, -0.15) is 0 Å². The average Bonchev–Trinajstić information content (AvgIpc) is 2.24. The molecule has 2 N–H and O–H groups in total. The summed E-state index contributed by atoms with van der Waals surface area (Å²) in [5, 5.41) is 10.2. The maximum absolute atomic E-state index is 12.2. The fourth-order valence-corrected chi connectivity index (χ4v) is 4.32. The van der Waals surface area contributed by atoms with Gasteiger partial charge in [0.15, 0.2) is 0 Å². The summed E-state index contributed by atoms with van der Waals surface area (Å²) >= 11 is 11.8. The topological polar surface area (TPSA) is 66.4 Å². The molecule has 0 fully saturated rings. The minimum absolute atomic E-state index is 0.0495. The summed E-state index contributed by atoms with van der Waals surface area (Å²) in [6, 6.07) is 4.47. The number of nitrogens with one attached hydrogen (secondary N) is 1. The Morgan fingerprint density at radius 1 is 1.30 bits per heavy atom. The van der Waals surface area contributed by atoms with E-state index in [0.717, 1.165) is 0 Å². The molecule has 1 aromatic carbocycles. The molecule has 0 aromatic heterocycles. The first kappa shape index (κ1) is 17.7. The van der Waals surface area contributed by atoms with Gasteiger partial charge in [0.2, 0.25) is 10.0 Å². The lowest BCUT2D eigenvalue weighted by molar-refractivity contribution is 0.0437. The van der Waals surface area contributed by atoms with Crippen LogP contribution in [-0.2, 0) is 10.0 Å². The second kappa shape index (κ2) is 6.62. The normalized spacial score (nSPS) is 15.3. The van der Waals surface area contributed by atoms with Crippen molar-refractivity contribution in [3.8, 4) is 0 Å². The highest BCUT2D eigenvalue weighted by Gasteiger charge is 2.27. The molecule has 114 valence electrons. The lowest BCUT2D eigenvalue weighted by Gasteiger charge is -2.25. The van der Waals surface area contributed by atoms with Crippen LogP contribution in [0.25, 0.3) is 0 Å². The van der Waals surface area contributed by atoms with Gasteiger partial charge in [0.05, 0.1) is 15.6 Å². The first-order valence-corrected chi connectivity index (χ1v) is 8.45. The van der Waals surface area contributed by atoms with E-state index in [-0.39, 0.29) is 27.4 Å². The quantitative estimate of drug-likeness (QED) is 0.836. The number of benzene rings is 1. The summed E-state index contributed by atoms with van der Waals surface area (Å²) < 4.78 is 26.8. The van der Waals surface area contributed by atoms with Gasteiger partial charge in [0.1, 0.15) is 4.90 Å². The molecule has 4 nitrogen and oxygen atoms in total. The van der Waals surface area contributed by atoms with E-state index in [2.05, 4.69) is 4.72 Å². The molecule has 0 saturated carbocycles. The smallest absolute Gasteiger partial charge is 0.243 e. The molecule has 0 amide bonds. The van der Waals surface area contributed by atoms with Crippen LogP contribution < -0.4 is 4.72 Å². The minimum Gasteiger partial charge on any atom is -0.389 e. The van der Waals surface area contributed by atoms with Crippen LogP contribution in [0.2, 0.25) is 10.0 Å². The second-order valence-corrected chi connectivity index (χ2v) is 7.99. The molecule has 0 aliphatic heterocycles. The molecule has 0 saturated heterocycles. The highest BCUT2D eigenvalue weighted by molar-refractivity contribution is 7.89. The highest BCUT2D eigenvalue weighted by atomic mass is 35.5. The van der Waals surface area contributed by atoms with E-state index in [0.29, 0.717) is 6.42 Å². The number of hydrogen-bond acceptors (Lipinski definition) is 3. The maximum Gasteiger partial charge on any atom is 0.243 e. The average molecular weight is 340 g/mol. The fraction of sp³-hybridized carbons (Fsp3) is 0.538. The summed E-state index contributed by atoms with van der Waals surface area (Å²) in [5.41, 5.74) is -1.13. The molecule has 0 aliphatic rings. The number of aliphatic hydroxyl groups is 1. The summed E-state index contributed by atoms with van der Waals surface area (Å²) in [7, 11) is -3.86. The molecule has 0 radical (unpaired) electrons. The van der Waals surface area contributed by atoms with Gasteiger partial charge in [-0.1, -0.05) is 43.1 Å². The van der Waals surface area contributed by atoms with E-state index in [1.807, 2.05) is 13.8 Å². The predicted octanol–water partition coefficient (Wildman–Crippen LogP) is 3.07. The molecule has 0 bridgehead atoms. The lowest BCUT2D eigenvalue weighted by atomic mass is 9.95. The van der Waals surface area contributed by atoms with Crippen molar-refractivity contribution in [3.05, 3.63) is 28.2 Å². The van der Waals surface area contributed by atoms with Gasteiger partial charge < -0.3 is 5.11 Å². The third-order valence-electron chi connectivity index (χ3n) is 2.68. The largest absolute Gasteiger partial charge is 0.389 e. The van der Waals surface area contributed by atoms with Gasteiger partial charge in [-0.25, -0.2) is 13.1 Å². The Hall–Kier alpha value is -0.330. The Labute approximate surface area is 130 Å². The minimum atomic E-state index is -3.86. The standard InChI is InChI=1S/C13H19Cl2NO3S/c1-9(2)7-13(3,17)8-16-20(18,19)12-10(14)5-4-6-11(12)15/h4-6,9,16-17H,7-8H2,1-3H3. The predicted molar refractivity (Wildman–Crippen MR) is 81.7 cm³/mol. The van der Waals surface area contributed by atoms with E-state index in [1.165, 1.54) is 12.1 Å². The molecule has 1 atom stereocenters. The molecule has 0 aliphatic carbocycles. The number of sulfonamides is 1. The van der Waals surface area contributed by atoms with Crippen molar-refractivity contribution >= 4 is 33.2 Å². The van der Waals surface area contributed by atoms with Crippen molar-refractivity contribution < 1.29 is 13.5 Å². The second-order valence-electron chi connectivity index (χ2n) is 5.47. The van der Waals surface area contributed by atoms with Crippen LogP contribution in [0.5, 0.6) is 0 Å². The zero-order valence-electron chi connectivity index (χ0n) is 11.7. The Kier molecular flexibility index (Phi) is 5.87. The lowest BCUT2D eigenvalue weighted by Crippen LogP contribution is -2.41. The van der Waals surface area contributed by atoms with Gasteiger partial charge in [-0.3, -0.25) is 0 Å². The summed E-state index contributed by atoms with van der Waals surface area (Å²) in [5.74, 6) is 0.249. The van der Waals surface area contributed by atoms with Gasteiger partial charge >= 0.3 is 0 Å². The van der Waals surface area contributed by atoms with Crippen molar-refractivity contribution in [2.75, 3.05) is 6.54 Å². The van der Waals surface area contributed by atoms with Crippen molar-refractivity contribution in [2.45, 2.75) is 37.7 Å². The molecule has 7 heteroatoms. The van der Waals surface area contributed by atoms with Crippen LogP contribution in [-0.4, -0.2) is 25.7 Å². The Morgan fingerprint density at radius 3 is 2.25 bits per heavy atom. The van der Waals surface area contributed by atoms with E-state index in [1.54, 1.807) is 13.0 Å². The van der Waals surface area contributed by atoms with Crippen LogP contribution in [0, 0.1) is 5.92 Å². The number of halogens is 2. The van der Waals surface area contributed by atoms with E-state index >= 15 is 0 Å². The number of hydrogen-bond donors (Lipinski definition) is 2. The van der Waals surface area contributed by atoms with Crippen LogP contribution >= 0.6 is 23.2 Å². The highest BCUT2D eigenvalue weighted by Crippen LogP contribution is 2.29. The van der Waals surface area contributed by atoms with Gasteiger partial charge in [-0.05, 0) is 31.4 Å². The van der Waals surface area contributed by atoms with E-state index in [4.69, 9.17) is 23.2 Å². The van der Waals surface area contributed by atoms with Crippen LogP contribution in [0.3, 0.4) is 0 Å². The Morgan fingerprint density at radius 2 is 1.80 bits per heavy atom. The van der Waals surface area contributed by atoms with Crippen molar-refractivity contribution in [1.29, 1.82) is 0 Å². The Balaban J connectivity index is 2.92. The van der Waals surface area contributed by atoms with Crippen LogP contribution in [0.1, 0.15) is 27.2 Å². The number of rotatable bonds is 6. The zero-order valence-corrected chi connectivity index (χ0v) is 14.0.